The molecule has 0 aromatic rings. The quantitative estimate of drug-likeness (QED) is 0.776. The first-order valence-electron chi connectivity index (χ1n) is 9.09. The van der Waals surface area contributed by atoms with Crippen LogP contribution in [0.2, 0.25) is 0 Å². The zero-order chi connectivity index (χ0) is 14.1. The topological polar surface area (TPSA) is 35.2 Å². The van der Waals surface area contributed by atoms with E-state index in [1.165, 1.54) is 77.0 Å². The summed E-state index contributed by atoms with van der Waals surface area (Å²) in [4.78, 5) is 0. The van der Waals surface area contributed by atoms with Gasteiger partial charge in [0.25, 0.3) is 0 Å². The van der Waals surface area contributed by atoms with Crippen molar-refractivity contribution in [1.29, 1.82) is 0 Å². The molecule has 2 heteroatoms. The van der Waals surface area contributed by atoms with Gasteiger partial charge in [0, 0.05) is 12.1 Å². The third-order valence-electron chi connectivity index (χ3n) is 6.54. The van der Waals surface area contributed by atoms with Crippen molar-refractivity contribution in [2.45, 2.75) is 95.1 Å². The number of hydrogen-bond donors (Lipinski definition) is 1. The predicted molar refractivity (Wildman–Crippen MR) is 83.7 cm³/mol. The van der Waals surface area contributed by atoms with Gasteiger partial charge in [0.1, 0.15) is 0 Å². The Kier molecular flexibility index (Phi) is 4.42. The summed E-state index contributed by atoms with van der Waals surface area (Å²) in [6.07, 6.45) is 15.8. The van der Waals surface area contributed by atoms with Crippen LogP contribution in [0.5, 0.6) is 0 Å². The molecule has 0 radical (unpaired) electrons. The van der Waals surface area contributed by atoms with Crippen LogP contribution in [0.1, 0.15) is 84.0 Å². The summed E-state index contributed by atoms with van der Waals surface area (Å²) in [5, 5.41) is 0. The molecule has 1 heterocycles. The maximum Gasteiger partial charge on any atom is 0.0686 e. The number of rotatable bonds is 3. The maximum absolute atomic E-state index is 6.94. The van der Waals surface area contributed by atoms with Crippen LogP contribution >= 0.6 is 0 Å². The molecule has 1 aliphatic heterocycles. The van der Waals surface area contributed by atoms with Crippen LogP contribution in [-0.4, -0.2) is 17.7 Å². The fraction of sp³-hybridized carbons (Fsp3) is 1.00. The lowest BCUT2D eigenvalue weighted by Gasteiger charge is -2.51. The Morgan fingerprint density at radius 1 is 1.05 bits per heavy atom. The Hall–Kier alpha value is -0.0800. The molecule has 0 bridgehead atoms. The van der Waals surface area contributed by atoms with E-state index in [0.717, 1.165) is 18.4 Å². The van der Waals surface area contributed by atoms with E-state index in [1.807, 2.05) is 0 Å². The van der Waals surface area contributed by atoms with Crippen LogP contribution < -0.4 is 5.73 Å². The van der Waals surface area contributed by atoms with E-state index in [4.69, 9.17) is 10.5 Å². The van der Waals surface area contributed by atoms with E-state index in [9.17, 15) is 0 Å². The van der Waals surface area contributed by atoms with Gasteiger partial charge in [-0.2, -0.15) is 0 Å². The van der Waals surface area contributed by atoms with E-state index >= 15 is 0 Å². The molecule has 2 N–H and O–H groups in total. The van der Waals surface area contributed by atoms with Crippen molar-refractivity contribution in [3.8, 4) is 0 Å². The molecular formula is C18H33NO. The Balaban J connectivity index is 1.62. The SMILES string of the molecule is CCCC1CCCC(N)(C2CCOC3(CCC3)C2)CC1. The van der Waals surface area contributed by atoms with E-state index in [1.54, 1.807) is 0 Å². The van der Waals surface area contributed by atoms with Gasteiger partial charge in [0.15, 0.2) is 0 Å². The van der Waals surface area contributed by atoms with Gasteiger partial charge in [0.2, 0.25) is 0 Å². The molecule has 0 aromatic carbocycles. The monoisotopic (exact) mass is 279 g/mol. The summed E-state index contributed by atoms with van der Waals surface area (Å²) in [7, 11) is 0. The Morgan fingerprint density at radius 3 is 2.60 bits per heavy atom. The summed E-state index contributed by atoms with van der Waals surface area (Å²) in [5.74, 6) is 1.67. The second-order valence-corrected chi connectivity index (χ2v) is 7.89. The first-order valence-corrected chi connectivity index (χ1v) is 9.09. The molecule has 2 saturated carbocycles. The second kappa shape index (κ2) is 5.96. The highest BCUT2D eigenvalue weighted by atomic mass is 16.5. The fourth-order valence-electron chi connectivity index (χ4n) is 5.01. The van der Waals surface area contributed by atoms with Crippen molar-refractivity contribution >= 4 is 0 Å². The lowest BCUT2D eigenvalue weighted by Crippen LogP contribution is -2.55. The van der Waals surface area contributed by atoms with Crippen LogP contribution in [0.3, 0.4) is 0 Å². The average molecular weight is 279 g/mol. The van der Waals surface area contributed by atoms with Crippen LogP contribution in [0.25, 0.3) is 0 Å². The number of ether oxygens (including phenoxy) is 1. The lowest BCUT2D eigenvalue weighted by molar-refractivity contribution is -0.153. The molecule has 2 aliphatic carbocycles. The van der Waals surface area contributed by atoms with Gasteiger partial charge in [-0.15, -0.1) is 0 Å². The van der Waals surface area contributed by atoms with E-state index < -0.39 is 0 Å². The number of nitrogens with two attached hydrogens (primary N) is 1. The first kappa shape index (κ1) is 14.8. The van der Waals surface area contributed by atoms with E-state index in [-0.39, 0.29) is 11.1 Å². The third-order valence-corrected chi connectivity index (χ3v) is 6.54. The summed E-state index contributed by atoms with van der Waals surface area (Å²) < 4.78 is 6.10. The van der Waals surface area contributed by atoms with Crippen molar-refractivity contribution in [3.05, 3.63) is 0 Å². The molecular weight excluding hydrogens is 246 g/mol. The molecule has 0 amide bonds. The summed E-state index contributed by atoms with van der Waals surface area (Å²) in [5.41, 5.74) is 7.31. The van der Waals surface area contributed by atoms with Gasteiger partial charge < -0.3 is 10.5 Å². The molecule has 3 aliphatic rings. The molecule has 20 heavy (non-hydrogen) atoms. The van der Waals surface area contributed by atoms with Crippen LogP contribution in [0.4, 0.5) is 0 Å². The van der Waals surface area contributed by atoms with Crippen molar-refractivity contribution in [2.75, 3.05) is 6.61 Å². The smallest absolute Gasteiger partial charge is 0.0686 e. The lowest BCUT2D eigenvalue weighted by atomic mass is 9.65. The fourth-order valence-corrected chi connectivity index (χ4v) is 5.01. The van der Waals surface area contributed by atoms with Crippen molar-refractivity contribution < 1.29 is 4.74 Å². The van der Waals surface area contributed by atoms with Crippen molar-refractivity contribution in [3.63, 3.8) is 0 Å². The predicted octanol–water partition coefficient (Wildman–Crippen LogP) is 4.41. The van der Waals surface area contributed by atoms with Crippen LogP contribution in [0.15, 0.2) is 0 Å². The summed E-state index contributed by atoms with van der Waals surface area (Å²) in [6, 6.07) is 0. The van der Waals surface area contributed by atoms with Crippen molar-refractivity contribution in [2.24, 2.45) is 17.6 Å². The minimum Gasteiger partial charge on any atom is -0.375 e. The zero-order valence-corrected chi connectivity index (χ0v) is 13.3. The molecule has 3 atom stereocenters. The molecule has 0 aromatic heterocycles. The summed E-state index contributed by atoms with van der Waals surface area (Å²) in [6.45, 7) is 3.28. The van der Waals surface area contributed by atoms with Crippen LogP contribution in [0, 0.1) is 11.8 Å². The van der Waals surface area contributed by atoms with Crippen LogP contribution in [-0.2, 0) is 4.74 Å². The molecule has 3 unspecified atom stereocenters. The van der Waals surface area contributed by atoms with E-state index in [0.29, 0.717) is 0 Å². The Bertz CT molecular complexity index is 325. The maximum atomic E-state index is 6.94. The highest BCUT2D eigenvalue weighted by Crippen LogP contribution is 2.49. The van der Waals surface area contributed by atoms with E-state index in [2.05, 4.69) is 6.92 Å². The summed E-state index contributed by atoms with van der Waals surface area (Å²) >= 11 is 0. The van der Waals surface area contributed by atoms with Gasteiger partial charge in [-0.25, -0.2) is 0 Å². The minimum absolute atomic E-state index is 0.120. The molecule has 1 saturated heterocycles. The standard InChI is InChI=1S/C18H33NO/c1-2-5-15-6-3-11-18(19,12-7-15)16-8-13-20-17(14-16)9-4-10-17/h15-16H,2-14,19H2,1H3. The molecule has 116 valence electrons. The minimum atomic E-state index is 0.120. The van der Waals surface area contributed by atoms with Gasteiger partial charge in [0.05, 0.1) is 5.60 Å². The number of hydrogen-bond acceptors (Lipinski definition) is 2. The molecule has 1 spiro atoms. The van der Waals surface area contributed by atoms with Gasteiger partial charge in [-0.1, -0.05) is 32.6 Å². The zero-order valence-electron chi connectivity index (χ0n) is 13.3. The molecule has 3 rings (SSSR count). The Labute approximate surface area is 124 Å². The Morgan fingerprint density at radius 2 is 1.90 bits per heavy atom. The molecule has 3 fully saturated rings. The normalized spacial score (nSPS) is 41.1. The highest BCUT2D eigenvalue weighted by Gasteiger charge is 2.48. The second-order valence-electron chi connectivity index (χ2n) is 7.89. The highest BCUT2D eigenvalue weighted by molar-refractivity contribution is 5.02. The van der Waals surface area contributed by atoms with Gasteiger partial charge in [-0.05, 0) is 63.2 Å². The third kappa shape index (κ3) is 2.92. The largest absolute Gasteiger partial charge is 0.375 e. The van der Waals surface area contributed by atoms with Gasteiger partial charge >= 0.3 is 0 Å². The molecule has 2 nitrogen and oxygen atoms in total. The average Bonchev–Trinajstić information content (AvgIpc) is 2.61. The van der Waals surface area contributed by atoms with Crippen molar-refractivity contribution in [1.82, 2.24) is 0 Å². The first-order chi connectivity index (χ1) is 9.66. The van der Waals surface area contributed by atoms with Gasteiger partial charge in [-0.3, -0.25) is 0 Å².